The topological polar surface area (TPSA) is 149 Å². The van der Waals surface area contributed by atoms with Gasteiger partial charge >= 0.3 is 0 Å². The van der Waals surface area contributed by atoms with Gasteiger partial charge in [-0.05, 0) is 51.4 Å². The van der Waals surface area contributed by atoms with Crippen molar-refractivity contribution >= 4 is 5.91 Å². The Kier molecular flexibility index (Phi) is 48.3. The first-order valence-electron chi connectivity index (χ1n) is 30.2. The molecule has 412 valence electrons. The van der Waals surface area contributed by atoms with Crippen molar-refractivity contribution in [2.24, 2.45) is 0 Å². The quantitative estimate of drug-likeness (QED) is 0.0261. The summed E-state index contributed by atoms with van der Waals surface area (Å²) >= 11 is 0. The van der Waals surface area contributed by atoms with Gasteiger partial charge in [-0.3, -0.25) is 4.79 Å². The number of ether oxygens (including phenoxy) is 2. The second-order valence-corrected chi connectivity index (χ2v) is 21.1. The number of aliphatic hydroxyl groups is 5. The van der Waals surface area contributed by atoms with Gasteiger partial charge in [0.15, 0.2) is 6.29 Å². The molecule has 1 amide bonds. The minimum absolute atomic E-state index is 0.135. The Bertz CT molecular complexity index is 1190. The van der Waals surface area contributed by atoms with Crippen LogP contribution in [0.15, 0.2) is 36.5 Å². The Morgan fingerprint density at radius 2 is 0.843 bits per heavy atom. The van der Waals surface area contributed by atoms with E-state index in [0.29, 0.717) is 12.8 Å². The van der Waals surface area contributed by atoms with E-state index in [0.717, 1.165) is 51.4 Å². The maximum absolute atomic E-state index is 13.0. The molecule has 0 bridgehead atoms. The number of carbonyl (C=O) groups excluding carboxylic acids is 1. The fourth-order valence-electron chi connectivity index (χ4n) is 9.70. The summed E-state index contributed by atoms with van der Waals surface area (Å²) in [6.45, 7) is 3.80. The highest BCUT2D eigenvalue weighted by molar-refractivity contribution is 5.76. The number of allylic oxidation sites excluding steroid dienone is 6. The summed E-state index contributed by atoms with van der Waals surface area (Å²) in [5.41, 5.74) is 0. The lowest BCUT2D eigenvalue weighted by Gasteiger charge is -2.40. The smallest absolute Gasteiger partial charge is 0.220 e. The second kappa shape index (κ2) is 50.9. The molecule has 9 heteroatoms. The second-order valence-electron chi connectivity index (χ2n) is 21.1. The molecule has 0 aromatic carbocycles. The van der Waals surface area contributed by atoms with Crippen LogP contribution in [-0.2, 0) is 14.3 Å². The Hall–Kier alpha value is -1.59. The third-order valence-corrected chi connectivity index (χ3v) is 14.5. The van der Waals surface area contributed by atoms with Crippen LogP contribution in [0.5, 0.6) is 0 Å². The summed E-state index contributed by atoms with van der Waals surface area (Å²) in [7, 11) is 0. The molecular formula is C61H115NO8. The van der Waals surface area contributed by atoms with Gasteiger partial charge in [0.05, 0.1) is 25.4 Å². The van der Waals surface area contributed by atoms with E-state index in [1.165, 1.54) is 212 Å². The van der Waals surface area contributed by atoms with E-state index in [2.05, 4.69) is 55.6 Å². The third-order valence-electron chi connectivity index (χ3n) is 14.5. The first-order chi connectivity index (χ1) is 34.3. The van der Waals surface area contributed by atoms with Gasteiger partial charge in [0, 0.05) is 6.42 Å². The summed E-state index contributed by atoms with van der Waals surface area (Å²) < 4.78 is 11.3. The van der Waals surface area contributed by atoms with Crippen molar-refractivity contribution in [2.45, 2.75) is 333 Å². The zero-order valence-corrected chi connectivity index (χ0v) is 45.8. The van der Waals surface area contributed by atoms with Crippen molar-refractivity contribution in [1.82, 2.24) is 5.32 Å². The van der Waals surface area contributed by atoms with Gasteiger partial charge in [-0.2, -0.15) is 0 Å². The minimum atomic E-state index is -1.55. The number of carbonyl (C=O) groups is 1. The first kappa shape index (κ1) is 66.4. The molecule has 7 atom stereocenters. The molecule has 1 saturated heterocycles. The highest BCUT2D eigenvalue weighted by Crippen LogP contribution is 2.23. The van der Waals surface area contributed by atoms with Crippen LogP contribution in [0.4, 0.5) is 0 Å². The summed E-state index contributed by atoms with van der Waals surface area (Å²) in [6.07, 6.45) is 59.5. The molecule has 70 heavy (non-hydrogen) atoms. The largest absolute Gasteiger partial charge is 0.394 e. The highest BCUT2D eigenvalue weighted by Gasteiger charge is 2.44. The number of amides is 1. The molecule has 1 aliphatic heterocycles. The normalized spacial score (nSPS) is 19.6. The van der Waals surface area contributed by atoms with Crippen LogP contribution in [0.1, 0.15) is 290 Å². The van der Waals surface area contributed by atoms with Gasteiger partial charge in [-0.15, -0.1) is 0 Å². The van der Waals surface area contributed by atoms with Crippen LogP contribution in [0.2, 0.25) is 0 Å². The maximum Gasteiger partial charge on any atom is 0.220 e. The summed E-state index contributed by atoms with van der Waals surface area (Å²) in [5.74, 6) is -0.143. The van der Waals surface area contributed by atoms with Crippen molar-refractivity contribution in [1.29, 1.82) is 0 Å². The molecule has 0 aromatic rings. The lowest BCUT2D eigenvalue weighted by atomic mass is 9.99. The molecule has 0 aliphatic carbocycles. The molecule has 0 aromatic heterocycles. The number of unbranched alkanes of at least 4 members (excludes halogenated alkanes) is 36. The lowest BCUT2D eigenvalue weighted by Crippen LogP contribution is -2.60. The molecule has 6 N–H and O–H groups in total. The van der Waals surface area contributed by atoms with Crippen molar-refractivity contribution < 1.29 is 39.8 Å². The van der Waals surface area contributed by atoms with Crippen LogP contribution in [0, 0.1) is 0 Å². The van der Waals surface area contributed by atoms with Gasteiger partial charge in [0.1, 0.15) is 24.4 Å². The lowest BCUT2D eigenvalue weighted by molar-refractivity contribution is -0.302. The standard InChI is InChI=1S/C61H115NO8/c1-3-5-7-9-11-13-14-15-16-17-18-19-20-21-22-23-24-25-26-27-28-29-30-31-32-33-34-35-36-37-38-39-40-41-42-43-45-47-49-51-57(65)62-54(55(64)50-48-46-44-12-10-8-6-4-2)53-69-61-60(68)59(67)58(66)56(52-63)70-61/h14-15,17-18,20-21,54-56,58-61,63-64,66-68H,3-13,16,19,22-53H2,1-2H3,(H,62,65)/b15-14-,18-17-,21-20-. The molecule has 1 rings (SSSR count). The molecule has 0 saturated carbocycles. The first-order valence-corrected chi connectivity index (χ1v) is 30.2. The Morgan fingerprint density at radius 3 is 1.24 bits per heavy atom. The van der Waals surface area contributed by atoms with E-state index in [4.69, 9.17) is 9.47 Å². The molecule has 0 radical (unpaired) electrons. The van der Waals surface area contributed by atoms with Crippen LogP contribution < -0.4 is 5.32 Å². The predicted molar refractivity (Wildman–Crippen MR) is 295 cm³/mol. The molecule has 1 aliphatic rings. The number of nitrogens with one attached hydrogen (secondary N) is 1. The van der Waals surface area contributed by atoms with Crippen molar-refractivity contribution in [2.75, 3.05) is 13.2 Å². The van der Waals surface area contributed by atoms with Gasteiger partial charge < -0.3 is 40.3 Å². The van der Waals surface area contributed by atoms with Crippen LogP contribution in [-0.4, -0.2) is 87.5 Å². The average molecular weight is 991 g/mol. The van der Waals surface area contributed by atoms with Crippen LogP contribution in [0.3, 0.4) is 0 Å². The zero-order valence-electron chi connectivity index (χ0n) is 45.8. The molecule has 9 nitrogen and oxygen atoms in total. The fourth-order valence-corrected chi connectivity index (χ4v) is 9.70. The van der Waals surface area contributed by atoms with Gasteiger partial charge in [0.25, 0.3) is 0 Å². The molecule has 7 unspecified atom stereocenters. The van der Waals surface area contributed by atoms with E-state index < -0.39 is 49.5 Å². The van der Waals surface area contributed by atoms with Gasteiger partial charge in [0.2, 0.25) is 5.91 Å². The SMILES string of the molecule is CCCCCCC/C=C\C/C=C\C/C=C\CCCCCCCCCCCCCCCCCCCCCCCCCCC(=O)NC(COC1OC(CO)C(O)C(O)C1O)C(O)CCCCCCCCCC. The Labute approximate surface area is 431 Å². The molecule has 1 heterocycles. The predicted octanol–water partition coefficient (Wildman–Crippen LogP) is 15.1. The number of hydrogen-bond donors (Lipinski definition) is 6. The van der Waals surface area contributed by atoms with Gasteiger partial charge in [-0.25, -0.2) is 0 Å². The van der Waals surface area contributed by atoms with Crippen LogP contribution in [0.25, 0.3) is 0 Å². The number of rotatable bonds is 52. The molecular weight excluding hydrogens is 875 g/mol. The molecule has 1 fully saturated rings. The number of hydrogen-bond acceptors (Lipinski definition) is 8. The van der Waals surface area contributed by atoms with Crippen molar-refractivity contribution in [3.05, 3.63) is 36.5 Å². The zero-order chi connectivity index (χ0) is 50.8. The summed E-state index contributed by atoms with van der Waals surface area (Å²) in [4.78, 5) is 13.0. The van der Waals surface area contributed by atoms with E-state index >= 15 is 0 Å². The van der Waals surface area contributed by atoms with E-state index in [1.54, 1.807) is 0 Å². The van der Waals surface area contributed by atoms with E-state index in [9.17, 15) is 30.3 Å². The Balaban J connectivity index is 1.97. The fraction of sp³-hybridized carbons (Fsp3) is 0.885. The van der Waals surface area contributed by atoms with Crippen molar-refractivity contribution in [3.63, 3.8) is 0 Å². The van der Waals surface area contributed by atoms with Gasteiger partial charge in [-0.1, -0.05) is 269 Å². The molecule has 0 spiro atoms. The maximum atomic E-state index is 13.0. The average Bonchev–Trinajstić information content (AvgIpc) is 3.36. The van der Waals surface area contributed by atoms with E-state index in [-0.39, 0.29) is 12.5 Å². The van der Waals surface area contributed by atoms with Crippen LogP contribution >= 0.6 is 0 Å². The highest BCUT2D eigenvalue weighted by atomic mass is 16.7. The summed E-state index contributed by atoms with van der Waals surface area (Å²) in [5, 5.41) is 54.3. The number of aliphatic hydroxyl groups excluding tert-OH is 5. The Morgan fingerprint density at radius 1 is 0.486 bits per heavy atom. The minimum Gasteiger partial charge on any atom is -0.394 e. The van der Waals surface area contributed by atoms with E-state index in [1.807, 2.05) is 0 Å². The van der Waals surface area contributed by atoms with Crippen molar-refractivity contribution in [3.8, 4) is 0 Å². The monoisotopic (exact) mass is 990 g/mol. The third kappa shape index (κ3) is 39.9. The summed E-state index contributed by atoms with van der Waals surface area (Å²) in [6, 6.07) is -0.714.